The zero-order valence-corrected chi connectivity index (χ0v) is 43.8. The molecule has 1 aromatic rings. The van der Waals surface area contributed by atoms with Gasteiger partial charge in [-0.05, 0) is 45.1 Å². The van der Waals surface area contributed by atoms with Crippen molar-refractivity contribution in [2.45, 2.75) is 239 Å². The van der Waals surface area contributed by atoms with Gasteiger partial charge < -0.3 is 33.2 Å². The highest BCUT2D eigenvalue weighted by Gasteiger charge is 2.33. The van der Waals surface area contributed by atoms with Crippen molar-refractivity contribution in [3.8, 4) is 11.5 Å². The van der Waals surface area contributed by atoms with Crippen molar-refractivity contribution < 1.29 is 57.1 Å². The van der Waals surface area contributed by atoms with Gasteiger partial charge in [-0.1, -0.05) is 192 Å². The lowest BCUT2D eigenvalue weighted by Gasteiger charge is -2.19. The third kappa shape index (κ3) is 27.6. The average molecular weight is 969 g/mol. The van der Waals surface area contributed by atoms with Crippen LogP contribution in [0.4, 0.5) is 0 Å². The Hall–Kier alpha value is -4.35. The van der Waals surface area contributed by atoms with Crippen molar-refractivity contribution in [3.05, 3.63) is 46.6 Å². The minimum absolute atomic E-state index is 0.000841. The van der Waals surface area contributed by atoms with Gasteiger partial charge >= 0.3 is 29.8 Å². The number of cyclic esters (lactones) is 1. The summed E-state index contributed by atoms with van der Waals surface area (Å²) in [6, 6.07) is 0. The Labute approximate surface area is 416 Å². The zero-order chi connectivity index (χ0) is 50.3. The molecule has 2 rings (SSSR count). The van der Waals surface area contributed by atoms with Crippen molar-refractivity contribution in [1.29, 1.82) is 0 Å². The molecule has 0 saturated heterocycles. The number of carbonyl (C=O) groups is 5. The first-order valence-corrected chi connectivity index (χ1v) is 27.0. The fourth-order valence-corrected chi connectivity index (χ4v) is 8.63. The number of ether oxygens (including phenoxy) is 7. The van der Waals surface area contributed by atoms with E-state index in [1.807, 2.05) is 19.9 Å². The number of methoxy groups -OCH3 is 1. The second-order valence-corrected chi connectivity index (χ2v) is 18.9. The number of benzene rings is 1. The molecule has 12 nitrogen and oxygen atoms in total. The van der Waals surface area contributed by atoms with Gasteiger partial charge in [-0.2, -0.15) is 0 Å². The van der Waals surface area contributed by atoms with E-state index < -0.39 is 42.6 Å². The first-order chi connectivity index (χ1) is 33.6. The Morgan fingerprint density at radius 1 is 0.609 bits per heavy atom. The molecule has 12 heteroatoms. The van der Waals surface area contributed by atoms with Crippen molar-refractivity contribution in [1.82, 2.24) is 0 Å². The maximum Gasteiger partial charge on any atom is 0.344 e. The summed E-state index contributed by atoms with van der Waals surface area (Å²) in [4.78, 5) is 63.7. The predicted octanol–water partition coefficient (Wildman–Crippen LogP) is 14.0. The number of hydrogen-bond donors (Lipinski definition) is 0. The number of fused-ring (bicyclic) bond motifs is 1. The Morgan fingerprint density at radius 3 is 1.51 bits per heavy atom. The van der Waals surface area contributed by atoms with Crippen LogP contribution in [0, 0.1) is 6.92 Å². The molecule has 392 valence electrons. The summed E-state index contributed by atoms with van der Waals surface area (Å²) in [6.07, 6.45) is 35.0. The van der Waals surface area contributed by atoms with E-state index in [4.69, 9.17) is 33.2 Å². The van der Waals surface area contributed by atoms with Crippen LogP contribution in [0.1, 0.15) is 240 Å². The molecule has 0 aliphatic carbocycles. The second kappa shape index (κ2) is 39.4. The van der Waals surface area contributed by atoms with Crippen LogP contribution in [0.3, 0.4) is 0 Å². The topological polar surface area (TPSA) is 150 Å². The van der Waals surface area contributed by atoms with Crippen LogP contribution in [0.5, 0.6) is 11.5 Å². The van der Waals surface area contributed by atoms with E-state index in [0.29, 0.717) is 48.3 Å². The fourth-order valence-electron chi connectivity index (χ4n) is 8.63. The van der Waals surface area contributed by atoms with Crippen molar-refractivity contribution in [2.75, 3.05) is 33.5 Å². The summed E-state index contributed by atoms with van der Waals surface area (Å²) in [5, 5.41) is 0. The highest BCUT2D eigenvalue weighted by atomic mass is 16.6. The summed E-state index contributed by atoms with van der Waals surface area (Å²) in [6.45, 7) is 11.1. The highest BCUT2D eigenvalue weighted by molar-refractivity contribution is 5.98. The van der Waals surface area contributed by atoms with Gasteiger partial charge in [-0.25, -0.2) is 9.59 Å². The van der Waals surface area contributed by atoms with Gasteiger partial charge in [-0.3, -0.25) is 14.4 Å². The molecule has 1 heterocycles. The number of carbonyl (C=O) groups excluding carboxylic acids is 5. The Balaban J connectivity index is 1.82. The lowest BCUT2D eigenvalue weighted by Crippen LogP contribution is -2.32. The number of esters is 5. The summed E-state index contributed by atoms with van der Waals surface area (Å²) >= 11 is 0. The largest absolute Gasteiger partial charge is 0.496 e. The molecule has 1 aromatic carbocycles. The molecule has 0 atom stereocenters. The molecular weight excluding hydrogens is 877 g/mol. The van der Waals surface area contributed by atoms with Crippen molar-refractivity contribution in [3.63, 3.8) is 0 Å². The molecule has 69 heavy (non-hydrogen) atoms. The molecule has 0 N–H and O–H groups in total. The first kappa shape index (κ1) is 60.8. The van der Waals surface area contributed by atoms with Crippen molar-refractivity contribution >= 4 is 29.8 Å². The number of unbranched alkanes of at least 4 members (excludes halogenated alkanes) is 24. The van der Waals surface area contributed by atoms with E-state index in [1.165, 1.54) is 116 Å². The Kier molecular flexibility index (Phi) is 34.7. The Bertz CT molecular complexity index is 1620. The van der Waals surface area contributed by atoms with E-state index >= 15 is 0 Å². The van der Waals surface area contributed by atoms with E-state index in [0.717, 1.165) is 55.2 Å². The quantitative estimate of drug-likeness (QED) is 0.0265. The third-order valence-electron chi connectivity index (χ3n) is 12.8. The van der Waals surface area contributed by atoms with Gasteiger partial charge in [0.05, 0.1) is 7.11 Å². The van der Waals surface area contributed by atoms with Crippen LogP contribution in [0.15, 0.2) is 24.3 Å². The molecule has 0 spiro atoms. The van der Waals surface area contributed by atoms with Crippen LogP contribution >= 0.6 is 0 Å². The number of rotatable bonds is 44. The SMILES string of the molecule is C=CCOc1c(C/C=C(\C)CCC(=O)OCC(=O)OC(COC(=O)CCCCCCCCCCCCCCC)COC(=O)CCCCCCCCCCCCCCC)c(OC)c(C)c2c1C(=O)OC2. The van der Waals surface area contributed by atoms with Crippen LogP contribution < -0.4 is 9.47 Å². The number of allylic oxidation sites excluding steroid dienone is 2. The minimum atomic E-state index is -1.05. The monoisotopic (exact) mass is 969 g/mol. The van der Waals surface area contributed by atoms with Crippen LogP contribution in [-0.2, 0) is 55.9 Å². The van der Waals surface area contributed by atoms with E-state index in [2.05, 4.69) is 20.4 Å². The second-order valence-electron chi connectivity index (χ2n) is 18.9. The minimum Gasteiger partial charge on any atom is -0.496 e. The average Bonchev–Trinajstić information content (AvgIpc) is 3.74. The van der Waals surface area contributed by atoms with Crippen LogP contribution in [0.2, 0.25) is 0 Å². The molecule has 1 aliphatic rings. The molecule has 0 fully saturated rings. The molecule has 0 aromatic heterocycles. The lowest BCUT2D eigenvalue weighted by atomic mass is 9.94. The van der Waals surface area contributed by atoms with Crippen LogP contribution in [-0.4, -0.2) is 69.5 Å². The van der Waals surface area contributed by atoms with Gasteiger partial charge in [0.15, 0.2) is 12.7 Å². The standard InChI is InChI=1S/C57H92O12/c1-7-10-12-14-16-18-20-22-24-26-28-30-32-34-50(58)65-41-47(42-66-51(59)35-33-31-29-27-25-23-21-19-17-15-13-11-8-2)69-53(61)44-67-52(60)39-37-45(4)36-38-48-55(63-6)46(5)49-43-68-57(62)54(49)56(48)64-40-9-3/h9,36,47H,3,7-8,10-35,37-44H2,1-2,4-6H3/b45-36+. The summed E-state index contributed by atoms with van der Waals surface area (Å²) in [7, 11) is 1.56. The summed E-state index contributed by atoms with van der Waals surface area (Å²) in [5.41, 5.74) is 3.47. The normalized spacial score (nSPS) is 12.1. The smallest absolute Gasteiger partial charge is 0.344 e. The van der Waals surface area contributed by atoms with Gasteiger partial charge in [-0.15, -0.1) is 0 Å². The molecule has 0 bridgehead atoms. The summed E-state index contributed by atoms with van der Waals surface area (Å²) < 4.78 is 38.8. The van der Waals surface area contributed by atoms with Gasteiger partial charge in [0.25, 0.3) is 0 Å². The molecule has 1 aliphatic heterocycles. The lowest BCUT2D eigenvalue weighted by molar-refractivity contribution is -0.172. The van der Waals surface area contributed by atoms with Crippen LogP contribution in [0.25, 0.3) is 0 Å². The molecule has 0 radical (unpaired) electrons. The first-order valence-electron chi connectivity index (χ1n) is 27.0. The van der Waals surface area contributed by atoms with Gasteiger partial charge in [0, 0.05) is 30.4 Å². The van der Waals surface area contributed by atoms with Crippen molar-refractivity contribution in [2.24, 2.45) is 0 Å². The zero-order valence-electron chi connectivity index (χ0n) is 43.8. The van der Waals surface area contributed by atoms with E-state index in [-0.39, 0.29) is 45.7 Å². The fraction of sp³-hybridized carbons (Fsp3) is 0.737. The van der Waals surface area contributed by atoms with E-state index in [9.17, 15) is 24.0 Å². The number of hydrogen-bond acceptors (Lipinski definition) is 12. The van der Waals surface area contributed by atoms with E-state index in [1.54, 1.807) is 13.2 Å². The van der Waals surface area contributed by atoms with Gasteiger partial charge in [0.1, 0.15) is 43.5 Å². The molecule has 0 unspecified atom stereocenters. The molecule has 0 amide bonds. The van der Waals surface area contributed by atoms with Gasteiger partial charge in [0.2, 0.25) is 0 Å². The molecular formula is C57H92O12. The summed E-state index contributed by atoms with van der Waals surface area (Å²) in [5.74, 6) is -1.71. The predicted molar refractivity (Wildman–Crippen MR) is 273 cm³/mol. The molecule has 0 saturated carbocycles. The Morgan fingerprint density at radius 2 is 1.06 bits per heavy atom. The maximum atomic E-state index is 12.9. The highest BCUT2D eigenvalue weighted by Crippen LogP contribution is 2.43. The maximum absolute atomic E-state index is 12.9. The third-order valence-corrected chi connectivity index (χ3v) is 12.8.